The lowest BCUT2D eigenvalue weighted by molar-refractivity contribution is 0.313. The average Bonchev–Trinajstić information content (AvgIpc) is 3.07. The summed E-state index contributed by atoms with van der Waals surface area (Å²) in [5.41, 5.74) is 6.74. The first-order valence-corrected chi connectivity index (χ1v) is 10.1. The average molecular weight is 361 g/mol. The van der Waals surface area contributed by atoms with Crippen molar-refractivity contribution in [3.05, 3.63) is 65.4 Å². The van der Waals surface area contributed by atoms with Gasteiger partial charge in [-0.05, 0) is 49.7 Å². The third kappa shape index (κ3) is 3.03. The van der Waals surface area contributed by atoms with Crippen LogP contribution in [-0.2, 0) is 6.42 Å². The molecule has 2 aromatic carbocycles. The number of piperazine rings is 1. The zero-order valence-corrected chi connectivity index (χ0v) is 16.2. The standard InChI is InChI=1S/C23H28N4/c1-16-15-20-19-5-3-4-6-21(19)25-23(20)22(24-16)17-7-9-18(10-8-17)27-13-11-26(2)12-14-27/h3-10,16,22,24-25H,11-15H2,1-2H3/t16-,22-/m0/s1. The highest BCUT2D eigenvalue weighted by Crippen LogP contribution is 2.35. The van der Waals surface area contributed by atoms with Crippen molar-refractivity contribution in [2.75, 3.05) is 38.1 Å². The van der Waals surface area contributed by atoms with Crippen LogP contribution in [-0.4, -0.2) is 49.2 Å². The number of para-hydroxylation sites is 1. The molecule has 3 heterocycles. The van der Waals surface area contributed by atoms with Crippen LogP contribution in [0.4, 0.5) is 5.69 Å². The molecule has 27 heavy (non-hydrogen) atoms. The molecule has 1 saturated heterocycles. The van der Waals surface area contributed by atoms with Crippen LogP contribution in [0.1, 0.15) is 29.8 Å². The minimum absolute atomic E-state index is 0.234. The van der Waals surface area contributed by atoms with Gasteiger partial charge < -0.3 is 20.1 Å². The number of hydrogen-bond donors (Lipinski definition) is 2. The second-order valence-corrected chi connectivity index (χ2v) is 8.15. The first-order valence-electron chi connectivity index (χ1n) is 10.1. The van der Waals surface area contributed by atoms with Gasteiger partial charge in [0.15, 0.2) is 0 Å². The number of nitrogens with one attached hydrogen (secondary N) is 2. The molecule has 0 unspecified atom stereocenters. The Morgan fingerprint density at radius 2 is 1.67 bits per heavy atom. The minimum Gasteiger partial charge on any atom is -0.369 e. The third-order valence-electron chi connectivity index (χ3n) is 6.19. The van der Waals surface area contributed by atoms with E-state index in [0.29, 0.717) is 6.04 Å². The van der Waals surface area contributed by atoms with Gasteiger partial charge in [0.1, 0.15) is 0 Å². The van der Waals surface area contributed by atoms with Gasteiger partial charge in [-0.15, -0.1) is 0 Å². The van der Waals surface area contributed by atoms with E-state index in [9.17, 15) is 0 Å². The molecule has 2 atom stereocenters. The van der Waals surface area contributed by atoms with E-state index in [2.05, 4.69) is 82.6 Å². The quantitative estimate of drug-likeness (QED) is 0.733. The van der Waals surface area contributed by atoms with Gasteiger partial charge in [0.05, 0.1) is 6.04 Å². The highest BCUT2D eigenvalue weighted by molar-refractivity contribution is 5.85. The third-order valence-corrected chi connectivity index (χ3v) is 6.19. The fraction of sp³-hybridized carbons (Fsp3) is 0.391. The summed E-state index contributed by atoms with van der Waals surface area (Å²) in [7, 11) is 2.20. The maximum atomic E-state index is 3.80. The van der Waals surface area contributed by atoms with Gasteiger partial charge >= 0.3 is 0 Å². The molecule has 0 bridgehead atoms. The van der Waals surface area contributed by atoms with Crippen LogP contribution in [0.5, 0.6) is 0 Å². The topological polar surface area (TPSA) is 34.3 Å². The smallest absolute Gasteiger partial charge is 0.0734 e. The summed E-state index contributed by atoms with van der Waals surface area (Å²) in [6, 6.07) is 18.6. The fourth-order valence-electron chi connectivity index (χ4n) is 4.63. The number of benzene rings is 2. The largest absolute Gasteiger partial charge is 0.369 e. The maximum absolute atomic E-state index is 3.80. The number of H-pyrrole nitrogens is 1. The van der Waals surface area contributed by atoms with E-state index in [0.717, 1.165) is 32.6 Å². The van der Waals surface area contributed by atoms with Crippen LogP contribution >= 0.6 is 0 Å². The van der Waals surface area contributed by atoms with Crippen LogP contribution in [0.3, 0.4) is 0 Å². The molecule has 4 nitrogen and oxygen atoms in total. The molecule has 2 aliphatic heterocycles. The molecule has 0 aliphatic carbocycles. The molecular weight excluding hydrogens is 332 g/mol. The molecule has 0 spiro atoms. The van der Waals surface area contributed by atoms with Crippen LogP contribution in [0.15, 0.2) is 48.5 Å². The van der Waals surface area contributed by atoms with Gasteiger partial charge in [-0.2, -0.15) is 0 Å². The monoisotopic (exact) mass is 360 g/mol. The van der Waals surface area contributed by atoms with Gasteiger partial charge in [0, 0.05) is 54.5 Å². The summed E-state index contributed by atoms with van der Waals surface area (Å²) in [6.07, 6.45) is 1.08. The Labute approximate surface area is 161 Å². The number of aromatic amines is 1. The second-order valence-electron chi connectivity index (χ2n) is 8.15. The summed E-state index contributed by atoms with van der Waals surface area (Å²) in [5, 5.41) is 5.18. The van der Waals surface area contributed by atoms with Crippen molar-refractivity contribution >= 4 is 16.6 Å². The molecule has 140 valence electrons. The summed E-state index contributed by atoms with van der Waals surface area (Å²) in [5.74, 6) is 0. The van der Waals surface area contributed by atoms with Gasteiger partial charge in [0.2, 0.25) is 0 Å². The van der Waals surface area contributed by atoms with E-state index >= 15 is 0 Å². The van der Waals surface area contributed by atoms with Crippen molar-refractivity contribution in [3.63, 3.8) is 0 Å². The van der Waals surface area contributed by atoms with Crippen LogP contribution in [0.25, 0.3) is 10.9 Å². The number of rotatable bonds is 2. The Balaban J connectivity index is 1.46. The Bertz CT molecular complexity index is 935. The van der Waals surface area contributed by atoms with Crippen LogP contribution in [0.2, 0.25) is 0 Å². The second kappa shape index (κ2) is 6.70. The number of aromatic nitrogens is 1. The zero-order valence-electron chi connectivity index (χ0n) is 16.2. The molecule has 5 rings (SSSR count). The minimum atomic E-state index is 0.234. The Kier molecular flexibility index (Phi) is 4.18. The molecule has 3 aromatic rings. The van der Waals surface area contributed by atoms with Crippen LogP contribution in [0, 0.1) is 0 Å². The van der Waals surface area contributed by atoms with Gasteiger partial charge in [-0.1, -0.05) is 30.3 Å². The summed E-state index contributed by atoms with van der Waals surface area (Å²) in [4.78, 5) is 8.58. The molecule has 0 amide bonds. The summed E-state index contributed by atoms with van der Waals surface area (Å²) < 4.78 is 0. The van der Waals surface area contributed by atoms with E-state index in [-0.39, 0.29) is 6.04 Å². The van der Waals surface area contributed by atoms with Gasteiger partial charge in [0.25, 0.3) is 0 Å². The van der Waals surface area contributed by atoms with E-state index in [1.54, 1.807) is 0 Å². The molecule has 2 N–H and O–H groups in total. The number of nitrogens with zero attached hydrogens (tertiary/aromatic N) is 2. The Hall–Kier alpha value is -2.30. The number of likely N-dealkylation sites (N-methyl/N-ethyl adjacent to an activating group) is 1. The highest BCUT2D eigenvalue weighted by Gasteiger charge is 2.28. The van der Waals surface area contributed by atoms with E-state index in [1.165, 1.54) is 33.4 Å². The predicted octanol–water partition coefficient (Wildman–Crippen LogP) is 3.54. The molecule has 2 aliphatic rings. The van der Waals surface area contributed by atoms with E-state index in [4.69, 9.17) is 0 Å². The van der Waals surface area contributed by atoms with Crippen molar-refractivity contribution in [2.45, 2.75) is 25.4 Å². The summed E-state index contributed by atoms with van der Waals surface area (Å²) >= 11 is 0. The molecule has 0 saturated carbocycles. The van der Waals surface area contributed by atoms with E-state index in [1.807, 2.05) is 0 Å². The molecule has 1 aromatic heterocycles. The van der Waals surface area contributed by atoms with Gasteiger partial charge in [-0.25, -0.2) is 0 Å². The lowest BCUT2D eigenvalue weighted by Crippen LogP contribution is -2.44. The van der Waals surface area contributed by atoms with E-state index < -0.39 is 0 Å². The number of hydrogen-bond acceptors (Lipinski definition) is 3. The molecular formula is C23H28N4. The molecule has 1 fully saturated rings. The van der Waals surface area contributed by atoms with Gasteiger partial charge in [-0.3, -0.25) is 0 Å². The summed E-state index contributed by atoms with van der Waals surface area (Å²) in [6.45, 7) is 6.79. The maximum Gasteiger partial charge on any atom is 0.0734 e. The lowest BCUT2D eigenvalue weighted by atomic mass is 9.91. The first kappa shape index (κ1) is 16.8. The van der Waals surface area contributed by atoms with Crippen molar-refractivity contribution in [3.8, 4) is 0 Å². The molecule has 0 radical (unpaired) electrons. The Morgan fingerprint density at radius 3 is 2.44 bits per heavy atom. The van der Waals surface area contributed by atoms with Crippen molar-refractivity contribution < 1.29 is 0 Å². The fourth-order valence-corrected chi connectivity index (χ4v) is 4.63. The normalized spacial score (nSPS) is 23.6. The lowest BCUT2D eigenvalue weighted by Gasteiger charge is -2.34. The number of fused-ring (bicyclic) bond motifs is 3. The highest BCUT2D eigenvalue weighted by atomic mass is 15.2. The van der Waals surface area contributed by atoms with Crippen molar-refractivity contribution in [1.29, 1.82) is 0 Å². The van der Waals surface area contributed by atoms with Crippen molar-refractivity contribution in [2.24, 2.45) is 0 Å². The van der Waals surface area contributed by atoms with Crippen molar-refractivity contribution in [1.82, 2.24) is 15.2 Å². The van der Waals surface area contributed by atoms with Crippen LogP contribution < -0.4 is 10.2 Å². The number of anilines is 1. The SMILES string of the molecule is C[C@H]1Cc2c([nH]c3ccccc23)[C@H](c2ccc(N3CCN(C)CC3)cc2)N1. The predicted molar refractivity (Wildman–Crippen MR) is 113 cm³/mol. The first-order chi connectivity index (χ1) is 13.2. The Morgan fingerprint density at radius 1 is 0.926 bits per heavy atom. The zero-order chi connectivity index (χ0) is 18.4. The molecule has 4 heteroatoms.